The van der Waals surface area contributed by atoms with Gasteiger partial charge in [-0.15, -0.1) is 0 Å². The molecule has 0 spiro atoms. The van der Waals surface area contributed by atoms with E-state index < -0.39 is 0 Å². The van der Waals surface area contributed by atoms with E-state index >= 15 is 0 Å². The molecule has 0 fully saturated rings. The molecule has 0 radical (unpaired) electrons. The molecule has 0 aliphatic rings. The van der Waals surface area contributed by atoms with Crippen LogP contribution in [0.5, 0.6) is 0 Å². The molecule has 1 nitrogen and oxygen atoms in total. The smallest absolute Gasteiger partial charge is 0.0721 e. The predicted octanol–water partition coefficient (Wildman–Crippen LogP) is 5.98. The Balaban J connectivity index is 1.87. The molecular weight excluding hydrogens is 280 g/mol. The lowest BCUT2D eigenvalue weighted by Crippen LogP contribution is -1.92. The molecule has 0 aliphatic carbocycles. The van der Waals surface area contributed by atoms with Crippen molar-refractivity contribution in [3.63, 3.8) is 0 Å². The minimum Gasteiger partial charge on any atom is -0.373 e. The summed E-state index contributed by atoms with van der Waals surface area (Å²) in [4.78, 5) is 0. The Kier molecular flexibility index (Phi) is 7.09. The zero-order valence-electron chi connectivity index (χ0n) is 13.7. The van der Waals surface area contributed by atoms with Crippen molar-refractivity contribution in [1.29, 1.82) is 0 Å². The molecule has 0 saturated heterocycles. The highest BCUT2D eigenvalue weighted by Gasteiger charge is 1.93. The van der Waals surface area contributed by atoms with Crippen LogP contribution in [0.4, 0.5) is 0 Å². The van der Waals surface area contributed by atoms with E-state index in [1.807, 2.05) is 6.08 Å². The highest BCUT2D eigenvalue weighted by molar-refractivity contribution is 5.70. The Morgan fingerprint density at radius 2 is 1.39 bits per heavy atom. The molecule has 2 aromatic carbocycles. The highest BCUT2D eigenvalue weighted by atomic mass is 16.5. The van der Waals surface area contributed by atoms with Crippen LogP contribution in [-0.2, 0) is 11.3 Å². The third kappa shape index (κ3) is 6.09. The average molecular weight is 304 g/mol. The first-order valence-electron chi connectivity index (χ1n) is 8.04. The zero-order valence-corrected chi connectivity index (χ0v) is 13.7. The SMILES string of the molecule is C=Cc1ccc(/C=C/c2ccc(COC/C=C/CC)cc2)cc1. The molecule has 0 saturated carbocycles. The first-order chi connectivity index (χ1) is 11.3. The first-order valence-corrected chi connectivity index (χ1v) is 8.04. The van der Waals surface area contributed by atoms with Gasteiger partial charge in [-0.3, -0.25) is 0 Å². The Bertz CT molecular complexity index is 645. The fourth-order valence-electron chi connectivity index (χ4n) is 2.14. The fraction of sp³-hybridized carbons (Fsp3) is 0.182. The van der Waals surface area contributed by atoms with E-state index in [-0.39, 0.29) is 0 Å². The second-order valence-electron chi connectivity index (χ2n) is 5.34. The van der Waals surface area contributed by atoms with Gasteiger partial charge in [0.05, 0.1) is 13.2 Å². The van der Waals surface area contributed by atoms with E-state index in [1.165, 1.54) is 16.7 Å². The molecule has 0 unspecified atom stereocenters. The van der Waals surface area contributed by atoms with E-state index in [0.717, 1.165) is 12.0 Å². The van der Waals surface area contributed by atoms with Gasteiger partial charge < -0.3 is 4.74 Å². The van der Waals surface area contributed by atoms with Crippen molar-refractivity contribution in [2.75, 3.05) is 6.61 Å². The summed E-state index contributed by atoms with van der Waals surface area (Å²) >= 11 is 0. The van der Waals surface area contributed by atoms with Gasteiger partial charge in [0, 0.05) is 0 Å². The Hall–Kier alpha value is -2.38. The lowest BCUT2D eigenvalue weighted by atomic mass is 10.1. The summed E-state index contributed by atoms with van der Waals surface area (Å²) in [7, 11) is 0. The Morgan fingerprint density at radius 3 is 1.96 bits per heavy atom. The van der Waals surface area contributed by atoms with E-state index in [2.05, 4.69) is 86.3 Å². The van der Waals surface area contributed by atoms with Crippen molar-refractivity contribution in [2.45, 2.75) is 20.0 Å². The van der Waals surface area contributed by atoms with Gasteiger partial charge in [0.2, 0.25) is 0 Å². The number of rotatable bonds is 8. The van der Waals surface area contributed by atoms with Crippen LogP contribution in [0.25, 0.3) is 18.2 Å². The molecular formula is C22H24O. The van der Waals surface area contributed by atoms with Gasteiger partial charge in [0.25, 0.3) is 0 Å². The molecule has 0 aromatic heterocycles. The maximum Gasteiger partial charge on any atom is 0.0721 e. The van der Waals surface area contributed by atoms with Gasteiger partial charge in [0.1, 0.15) is 0 Å². The lowest BCUT2D eigenvalue weighted by Gasteiger charge is -2.02. The summed E-state index contributed by atoms with van der Waals surface area (Å²) in [5.41, 5.74) is 4.71. The summed E-state index contributed by atoms with van der Waals surface area (Å²) in [5, 5.41) is 0. The van der Waals surface area contributed by atoms with Crippen molar-refractivity contribution >= 4 is 18.2 Å². The summed E-state index contributed by atoms with van der Waals surface area (Å²) in [6, 6.07) is 16.8. The van der Waals surface area contributed by atoms with Crippen LogP contribution >= 0.6 is 0 Å². The van der Waals surface area contributed by atoms with Crippen LogP contribution in [0.15, 0.2) is 67.3 Å². The topological polar surface area (TPSA) is 9.23 Å². The standard InChI is InChI=1S/C22H24O/c1-3-5-6-17-23-18-22-15-13-21(14-16-22)12-11-20-9-7-19(4-2)8-10-20/h4-16H,2-3,17-18H2,1H3/b6-5+,12-11+. The molecule has 0 amide bonds. The van der Waals surface area contributed by atoms with Crippen molar-refractivity contribution in [3.05, 3.63) is 89.5 Å². The van der Waals surface area contributed by atoms with Gasteiger partial charge in [-0.25, -0.2) is 0 Å². The van der Waals surface area contributed by atoms with Crippen LogP contribution in [-0.4, -0.2) is 6.61 Å². The monoisotopic (exact) mass is 304 g/mol. The highest BCUT2D eigenvalue weighted by Crippen LogP contribution is 2.12. The maximum atomic E-state index is 5.60. The van der Waals surface area contributed by atoms with E-state index in [9.17, 15) is 0 Å². The lowest BCUT2D eigenvalue weighted by molar-refractivity contribution is 0.148. The summed E-state index contributed by atoms with van der Waals surface area (Å²) in [5.74, 6) is 0. The van der Waals surface area contributed by atoms with E-state index in [0.29, 0.717) is 13.2 Å². The largest absolute Gasteiger partial charge is 0.373 e. The molecule has 0 heterocycles. The van der Waals surface area contributed by atoms with Gasteiger partial charge in [-0.05, 0) is 28.7 Å². The summed E-state index contributed by atoms with van der Waals surface area (Å²) < 4.78 is 5.60. The van der Waals surface area contributed by atoms with Gasteiger partial charge in [0.15, 0.2) is 0 Å². The second-order valence-corrected chi connectivity index (χ2v) is 5.34. The molecule has 23 heavy (non-hydrogen) atoms. The molecule has 1 heteroatoms. The normalized spacial score (nSPS) is 11.3. The molecule has 0 N–H and O–H groups in total. The van der Waals surface area contributed by atoms with E-state index in [1.54, 1.807) is 0 Å². The fourth-order valence-corrected chi connectivity index (χ4v) is 2.14. The van der Waals surface area contributed by atoms with Gasteiger partial charge >= 0.3 is 0 Å². The molecule has 0 bridgehead atoms. The number of allylic oxidation sites excluding steroid dienone is 1. The quantitative estimate of drug-likeness (QED) is 0.331. The van der Waals surface area contributed by atoms with Gasteiger partial charge in [-0.2, -0.15) is 0 Å². The van der Waals surface area contributed by atoms with Crippen molar-refractivity contribution in [1.82, 2.24) is 0 Å². The van der Waals surface area contributed by atoms with Crippen molar-refractivity contribution in [2.24, 2.45) is 0 Å². The third-order valence-corrected chi connectivity index (χ3v) is 3.51. The van der Waals surface area contributed by atoms with Crippen molar-refractivity contribution < 1.29 is 4.74 Å². The van der Waals surface area contributed by atoms with Crippen LogP contribution < -0.4 is 0 Å². The van der Waals surface area contributed by atoms with Crippen LogP contribution in [0.1, 0.15) is 35.6 Å². The Labute approximate surface area is 139 Å². The molecule has 118 valence electrons. The van der Waals surface area contributed by atoms with Crippen LogP contribution in [0, 0.1) is 0 Å². The molecule has 2 aromatic rings. The predicted molar refractivity (Wildman–Crippen MR) is 101 cm³/mol. The zero-order chi connectivity index (χ0) is 16.3. The summed E-state index contributed by atoms with van der Waals surface area (Å²) in [6.45, 7) is 7.22. The van der Waals surface area contributed by atoms with Crippen LogP contribution in [0.3, 0.4) is 0 Å². The van der Waals surface area contributed by atoms with Crippen molar-refractivity contribution in [3.8, 4) is 0 Å². The van der Waals surface area contributed by atoms with Gasteiger partial charge in [-0.1, -0.05) is 92.4 Å². The number of ether oxygens (including phenoxy) is 1. The minimum atomic E-state index is 0.654. The number of benzene rings is 2. The average Bonchev–Trinajstić information content (AvgIpc) is 2.61. The van der Waals surface area contributed by atoms with Crippen LogP contribution in [0.2, 0.25) is 0 Å². The minimum absolute atomic E-state index is 0.654. The summed E-state index contributed by atoms with van der Waals surface area (Å²) in [6.07, 6.45) is 11.3. The third-order valence-electron chi connectivity index (χ3n) is 3.51. The molecule has 0 atom stereocenters. The first kappa shape index (κ1) is 17.0. The van der Waals surface area contributed by atoms with E-state index in [4.69, 9.17) is 4.74 Å². The number of hydrogen-bond acceptors (Lipinski definition) is 1. The molecule has 2 rings (SSSR count). The maximum absolute atomic E-state index is 5.60. The Morgan fingerprint density at radius 1 is 0.826 bits per heavy atom. The molecule has 0 aliphatic heterocycles. The second kappa shape index (κ2) is 9.60. The number of hydrogen-bond donors (Lipinski definition) is 0.